The number of rotatable bonds is 3. The van der Waals surface area contributed by atoms with E-state index in [1.165, 1.54) is 0 Å². The summed E-state index contributed by atoms with van der Waals surface area (Å²) in [6.45, 7) is 8.83. The molecular weight excluding hydrogens is 748 g/mol. The van der Waals surface area contributed by atoms with Crippen LogP contribution in [0.1, 0.15) is 67.4 Å². The summed E-state index contributed by atoms with van der Waals surface area (Å²) >= 11 is 6.40. The van der Waals surface area contributed by atoms with Gasteiger partial charge in [0.2, 0.25) is 10.0 Å². The van der Waals surface area contributed by atoms with E-state index in [0.29, 0.717) is 50.0 Å². The fraction of sp³-hybridized carbons (Fsp3) is 0.625. The van der Waals surface area contributed by atoms with Crippen molar-refractivity contribution >= 4 is 43.1 Å². The highest BCUT2D eigenvalue weighted by molar-refractivity contribution is 7.91. The van der Waals surface area contributed by atoms with E-state index < -0.39 is 36.6 Å². The average Bonchev–Trinajstić information content (AvgIpc) is 3.14. The van der Waals surface area contributed by atoms with Gasteiger partial charge in [-0.25, -0.2) is 21.6 Å². The molecule has 0 spiro atoms. The van der Waals surface area contributed by atoms with Crippen molar-refractivity contribution in [2.24, 2.45) is 17.8 Å². The van der Waals surface area contributed by atoms with E-state index in [1.54, 1.807) is 32.2 Å². The normalized spacial score (nSPS) is 32.6. The molecule has 3 fully saturated rings. The number of anilines is 1. The van der Waals surface area contributed by atoms with Crippen LogP contribution in [-0.2, 0) is 37.6 Å². The number of allylic oxidation sites excluding steroid dienone is 1. The van der Waals surface area contributed by atoms with Gasteiger partial charge in [-0.05, 0) is 105 Å². The Hall–Kier alpha value is -2.68. The van der Waals surface area contributed by atoms with Crippen LogP contribution < -0.4 is 14.4 Å². The molecule has 1 amide bonds. The van der Waals surface area contributed by atoms with Crippen LogP contribution in [0.15, 0.2) is 48.6 Å². The maximum absolute atomic E-state index is 13.6. The number of amides is 1. The highest BCUT2D eigenvalue weighted by atomic mass is 35.5. The molecule has 1 aliphatic carbocycles. The van der Waals surface area contributed by atoms with Gasteiger partial charge in [-0.2, -0.15) is 0 Å². The Morgan fingerprint density at radius 1 is 0.981 bits per heavy atom. The SMILES string of the molecule is CO[C@@]1(CN2CCN3CCS(=O)(=O)C[C@@H]3C2)/C=C/C[C@H](C)[C@@H](C)S(=O)(=O)NC(=O)c2ccc3c(c2)N(CCCCc2cc(Cl)ccc2CO3)C[C@@H]2CC[C@H]21. The molecule has 2 saturated heterocycles. The fourth-order valence-electron chi connectivity index (χ4n) is 9.17. The van der Waals surface area contributed by atoms with Crippen molar-refractivity contribution in [2.45, 2.75) is 75.9 Å². The van der Waals surface area contributed by atoms with Crippen LogP contribution in [0.4, 0.5) is 5.69 Å². The Labute approximate surface area is 326 Å². The van der Waals surface area contributed by atoms with Crippen molar-refractivity contribution in [1.29, 1.82) is 0 Å². The molecule has 1 saturated carbocycles. The molecule has 14 heteroatoms. The average molecular weight is 803 g/mol. The van der Waals surface area contributed by atoms with Gasteiger partial charge < -0.3 is 14.4 Å². The lowest BCUT2D eigenvalue weighted by Gasteiger charge is -2.53. The maximum Gasteiger partial charge on any atom is 0.264 e. The Morgan fingerprint density at radius 2 is 1.81 bits per heavy atom. The Morgan fingerprint density at radius 3 is 2.59 bits per heavy atom. The Bertz CT molecular complexity index is 1960. The van der Waals surface area contributed by atoms with Gasteiger partial charge in [0, 0.05) is 69.6 Å². The maximum atomic E-state index is 13.6. The molecule has 0 aromatic heterocycles. The van der Waals surface area contributed by atoms with Gasteiger partial charge in [0.05, 0.1) is 22.4 Å². The highest BCUT2D eigenvalue weighted by Gasteiger charge is 2.49. The number of sulfone groups is 1. The van der Waals surface area contributed by atoms with Crippen LogP contribution >= 0.6 is 11.6 Å². The van der Waals surface area contributed by atoms with E-state index in [4.69, 9.17) is 21.1 Å². The third-order valence-corrected chi connectivity index (χ3v) is 16.7. The number of sulfonamides is 1. The first-order valence-corrected chi connectivity index (χ1v) is 23.2. The monoisotopic (exact) mass is 802 g/mol. The smallest absolute Gasteiger partial charge is 0.264 e. The van der Waals surface area contributed by atoms with Gasteiger partial charge in [-0.15, -0.1) is 0 Å². The van der Waals surface area contributed by atoms with E-state index in [0.717, 1.165) is 68.6 Å². The summed E-state index contributed by atoms with van der Waals surface area (Å²) in [7, 11) is -5.30. The summed E-state index contributed by atoms with van der Waals surface area (Å²) in [4.78, 5) is 20.6. The second-order valence-electron chi connectivity index (χ2n) is 16.2. The second kappa shape index (κ2) is 16.1. The summed E-state index contributed by atoms with van der Waals surface area (Å²) < 4.78 is 68.0. The number of fused-ring (bicyclic) bond motifs is 4. The molecule has 1 N–H and O–H groups in total. The lowest BCUT2D eigenvalue weighted by atomic mass is 9.63. The third-order valence-electron chi connectivity index (χ3n) is 12.8. The first-order chi connectivity index (χ1) is 25.8. The highest BCUT2D eigenvalue weighted by Crippen LogP contribution is 2.47. The lowest BCUT2D eigenvalue weighted by Crippen LogP contribution is -2.63. The number of halogens is 1. The number of hydrogen-bond donors (Lipinski definition) is 1. The third kappa shape index (κ3) is 8.51. The summed E-state index contributed by atoms with van der Waals surface area (Å²) in [5.74, 6) is 0.535. The predicted molar refractivity (Wildman–Crippen MR) is 213 cm³/mol. The number of nitrogens with one attached hydrogen (secondary N) is 1. The van der Waals surface area contributed by atoms with Crippen LogP contribution in [0.25, 0.3) is 0 Å². The van der Waals surface area contributed by atoms with Crippen molar-refractivity contribution in [3.8, 4) is 5.75 Å². The van der Waals surface area contributed by atoms with Gasteiger partial charge in [0.25, 0.3) is 5.91 Å². The van der Waals surface area contributed by atoms with Crippen molar-refractivity contribution in [1.82, 2.24) is 14.5 Å². The van der Waals surface area contributed by atoms with Gasteiger partial charge in [-0.1, -0.05) is 36.7 Å². The molecule has 11 nitrogen and oxygen atoms in total. The number of nitrogens with zero attached hydrogens (tertiary/aromatic N) is 3. The molecule has 7 rings (SSSR count). The number of methoxy groups -OCH3 is 1. The summed E-state index contributed by atoms with van der Waals surface area (Å²) in [5.41, 5.74) is 2.59. The molecule has 4 heterocycles. The van der Waals surface area contributed by atoms with Crippen molar-refractivity contribution in [3.05, 3.63) is 70.3 Å². The van der Waals surface area contributed by atoms with E-state index in [1.807, 2.05) is 25.1 Å². The van der Waals surface area contributed by atoms with Crippen LogP contribution in [0, 0.1) is 17.8 Å². The predicted octanol–water partition coefficient (Wildman–Crippen LogP) is 4.93. The minimum absolute atomic E-state index is 0.0361. The molecule has 6 atom stereocenters. The van der Waals surface area contributed by atoms with E-state index in [-0.39, 0.29) is 40.9 Å². The Kier molecular flexibility index (Phi) is 11.8. The zero-order chi connectivity index (χ0) is 38.3. The van der Waals surface area contributed by atoms with Gasteiger partial charge >= 0.3 is 0 Å². The van der Waals surface area contributed by atoms with Gasteiger partial charge in [0.1, 0.15) is 18.0 Å². The molecule has 5 aliphatic rings. The molecule has 0 unspecified atom stereocenters. The minimum Gasteiger partial charge on any atom is -0.487 e. The molecular formula is C40H55ClN4O7S2. The minimum atomic E-state index is -4.00. The van der Waals surface area contributed by atoms with Crippen LogP contribution in [-0.4, -0.2) is 114 Å². The van der Waals surface area contributed by atoms with Crippen molar-refractivity contribution in [3.63, 3.8) is 0 Å². The number of hydrogen-bond acceptors (Lipinski definition) is 10. The summed E-state index contributed by atoms with van der Waals surface area (Å²) in [6.07, 6.45) is 9.41. The molecule has 2 bridgehead atoms. The molecule has 296 valence electrons. The number of ether oxygens (including phenoxy) is 2. The summed E-state index contributed by atoms with van der Waals surface area (Å²) in [6, 6.07) is 11.1. The van der Waals surface area contributed by atoms with Crippen LogP contribution in [0.5, 0.6) is 5.75 Å². The quantitative estimate of drug-likeness (QED) is 0.428. The number of piperazine rings is 1. The summed E-state index contributed by atoms with van der Waals surface area (Å²) in [5, 5.41) is -0.135. The van der Waals surface area contributed by atoms with Crippen molar-refractivity contribution in [2.75, 3.05) is 69.3 Å². The molecule has 4 aliphatic heterocycles. The topological polar surface area (TPSA) is 126 Å². The Balaban J connectivity index is 1.25. The van der Waals surface area contributed by atoms with Gasteiger partial charge in [0.15, 0.2) is 9.84 Å². The largest absolute Gasteiger partial charge is 0.487 e. The molecule has 2 aromatic carbocycles. The molecule has 0 radical (unpaired) electrons. The number of carbonyl (C=O) groups is 1. The van der Waals surface area contributed by atoms with Crippen molar-refractivity contribution < 1.29 is 31.1 Å². The number of aryl methyl sites for hydroxylation is 1. The number of benzene rings is 2. The second-order valence-corrected chi connectivity index (χ2v) is 20.9. The van der Waals surface area contributed by atoms with E-state index >= 15 is 0 Å². The van der Waals surface area contributed by atoms with Crippen LogP contribution in [0.3, 0.4) is 0 Å². The molecule has 54 heavy (non-hydrogen) atoms. The fourth-order valence-corrected chi connectivity index (χ4v) is 12.2. The zero-order valence-corrected chi connectivity index (χ0v) is 34.1. The van der Waals surface area contributed by atoms with E-state index in [9.17, 15) is 21.6 Å². The standard InChI is InChI=1S/C40H55ClN4O7S2/c1-28-7-6-15-40(51-3,27-43-17-18-44-19-20-53(47,48)26-35(44)24-43)36-13-10-32(36)23-45-16-5-4-8-30-21-34(41)12-9-33(30)25-52-38-14-11-31(22-37(38)45)39(46)42-54(49,50)29(28)2/h6,9,11-12,14-15,21-22,28-29,32,35-36H,4-5,7-8,10,13,16-20,23-27H2,1-3H3,(H,42,46)/b15-6+/t28-,29+,32-,35-,36+,40+/m0/s1. The van der Waals surface area contributed by atoms with Crippen LogP contribution in [0.2, 0.25) is 5.02 Å². The first-order valence-electron chi connectivity index (χ1n) is 19.5. The number of carbonyl (C=O) groups excluding carboxylic acids is 1. The van der Waals surface area contributed by atoms with E-state index in [2.05, 4.69) is 31.6 Å². The zero-order valence-electron chi connectivity index (χ0n) is 31.7. The first kappa shape index (κ1) is 39.6. The molecule has 2 aromatic rings. The van der Waals surface area contributed by atoms with Gasteiger partial charge in [-0.3, -0.25) is 14.6 Å². The lowest BCUT2D eigenvalue weighted by molar-refractivity contribution is -0.0980.